The first-order valence-electron chi connectivity index (χ1n) is 12.2. The molecule has 1 fully saturated rings. The molecule has 1 unspecified atom stereocenters. The maximum absolute atomic E-state index is 14.5. The van der Waals surface area contributed by atoms with Crippen molar-refractivity contribution in [3.8, 4) is 11.3 Å². The molecule has 0 radical (unpaired) electrons. The van der Waals surface area contributed by atoms with Crippen LogP contribution in [0.1, 0.15) is 49.4 Å². The summed E-state index contributed by atoms with van der Waals surface area (Å²) in [5.41, 5.74) is 1.83. The van der Waals surface area contributed by atoms with Gasteiger partial charge in [-0.15, -0.1) is 0 Å². The molecule has 2 aliphatic carbocycles. The second kappa shape index (κ2) is 9.04. The summed E-state index contributed by atoms with van der Waals surface area (Å²) in [6.45, 7) is 5.71. The molecule has 35 heavy (non-hydrogen) atoms. The summed E-state index contributed by atoms with van der Waals surface area (Å²) >= 11 is 0. The zero-order chi connectivity index (χ0) is 24.8. The number of aromatic nitrogens is 2. The summed E-state index contributed by atoms with van der Waals surface area (Å²) in [6.07, 6.45) is 0.879. The van der Waals surface area contributed by atoms with Crippen LogP contribution < -0.4 is 0 Å². The van der Waals surface area contributed by atoms with E-state index in [2.05, 4.69) is 28.9 Å². The van der Waals surface area contributed by atoms with E-state index in [4.69, 9.17) is 0 Å². The third-order valence-electron chi connectivity index (χ3n) is 8.35. The summed E-state index contributed by atoms with van der Waals surface area (Å²) in [5, 5.41) is 30.2. The van der Waals surface area contributed by atoms with Crippen LogP contribution in [0.2, 0.25) is 0 Å². The van der Waals surface area contributed by atoms with Gasteiger partial charge < -0.3 is 10.2 Å². The summed E-state index contributed by atoms with van der Waals surface area (Å²) in [4.78, 5) is 2.06. The van der Waals surface area contributed by atoms with Crippen molar-refractivity contribution in [3.05, 3.63) is 83.1 Å². The van der Waals surface area contributed by atoms with Gasteiger partial charge in [0.25, 0.3) is 0 Å². The van der Waals surface area contributed by atoms with Gasteiger partial charge in [0, 0.05) is 25.0 Å². The van der Waals surface area contributed by atoms with Gasteiger partial charge in [-0.3, -0.25) is 4.90 Å². The molecule has 0 aliphatic heterocycles. The first-order chi connectivity index (χ1) is 16.8. The molecule has 5 nitrogen and oxygen atoms in total. The van der Waals surface area contributed by atoms with Crippen LogP contribution in [-0.4, -0.2) is 51.1 Å². The molecule has 184 valence electrons. The molecule has 2 aliphatic rings. The number of halogens is 2. The van der Waals surface area contributed by atoms with Gasteiger partial charge in [0.15, 0.2) is 0 Å². The number of nitrogens with zero attached hydrogens (tertiary/aromatic N) is 3. The summed E-state index contributed by atoms with van der Waals surface area (Å²) in [6, 6.07) is 15.5. The van der Waals surface area contributed by atoms with Gasteiger partial charge in [0.05, 0.1) is 29.7 Å². The first-order valence-corrected chi connectivity index (χ1v) is 12.2. The Morgan fingerprint density at radius 2 is 1.77 bits per heavy atom. The Labute approximate surface area is 204 Å². The van der Waals surface area contributed by atoms with Crippen molar-refractivity contribution in [2.75, 3.05) is 19.7 Å². The highest BCUT2D eigenvalue weighted by Crippen LogP contribution is 2.68. The Kier molecular flexibility index (Phi) is 6.20. The SMILES string of the molecule is CC1(C)[C@H]2CC[C@]1(C(O)CN(CCO)Cc1ccccc1)c1nnc(-c3c(F)cccc3F)cc12. The standard InChI is InChI=1S/C28H31F2N3O2/c1-27(2)20-11-12-28(27,24(35)17-33(13-14-34)16-18-7-4-3-5-8-18)26-19(20)15-23(31-32-26)25-21(29)9-6-10-22(25)30/h3-10,15,20,24,34-35H,11-14,16-17H2,1-2H3/t20-,24?,28-/m0/s1. The molecule has 3 atom stereocenters. The molecule has 1 aromatic heterocycles. The van der Waals surface area contributed by atoms with Crippen molar-refractivity contribution in [2.45, 2.75) is 50.7 Å². The molecular formula is C28H31F2N3O2. The van der Waals surface area contributed by atoms with Crippen LogP contribution in [0.3, 0.4) is 0 Å². The lowest BCUT2D eigenvalue weighted by Gasteiger charge is -2.43. The van der Waals surface area contributed by atoms with Crippen molar-refractivity contribution >= 4 is 0 Å². The van der Waals surface area contributed by atoms with Crippen LogP contribution in [0.25, 0.3) is 11.3 Å². The van der Waals surface area contributed by atoms with E-state index in [9.17, 15) is 19.0 Å². The van der Waals surface area contributed by atoms with E-state index in [1.54, 1.807) is 6.07 Å². The Bertz CT molecular complexity index is 1200. The number of aliphatic hydroxyl groups is 2. The van der Waals surface area contributed by atoms with Crippen LogP contribution in [0.4, 0.5) is 8.78 Å². The number of aliphatic hydroxyl groups excluding tert-OH is 2. The molecule has 0 spiro atoms. The minimum absolute atomic E-state index is 0.00741. The van der Waals surface area contributed by atoms with Crippen LogP contribution in [0.15, 0.2) is 54.6 Å². The highest BCUT2D eigenvalue weighted by molar-refractivity contribution is 5.63. The molecule has 0 amide bonds. The minimum Gasteiger partial charge on any atom is -0.395 e. The van der Waals surface area contributed by atoms with Gasteiger partial charge in [-0.25, -0.2) is 8.78 Å². The van der Waals surface area contributed by atoms with Crippen molar-refractivity contribution in [1.82, 2.24) is 15.1 Å². The van der Waals surface area contributed by atoms with Crippen molar-refractivity contribution in [1.29, 1.82) is 0 Å². The van der Waals surface area contributed by atoms with Crippen molar-refractivity contribution < 1.29 is 19.0 Å². The van der Waals surface area contributed by atoms with Gasteiger partial charge in [-0.1, -0.05) is 50.2 Å². The number of benzene rings is 2. The number of rotatable bonds is 8. The topological polar surface area (TPSA) is 69.5 Å². The van der Waals surface area contributed by atoms with E-state index < -0.39 is 23.2 Å². The fraction of sp³-hybridized carbons (Fsp3) is 0.429. The smallest absolute Gasteiger partial charge is 0.135 e. The van der Waals surface area contributed by atoms with Gasteiger partial charge in [-0.05, 0) is 53.5 Å². The van der Waals surface area contributed by atoms with E-state index in [0.29, 0.717) is 19.6 Å². The maximum atomic E-state index is 14.5. The minimum atomic E-state index is -0.746. The quantitative estimate of drug-likeness (QED) is 0.500. The van der Waals surface area contributed by atoms with Crippen LogP contribution in [-0.2, 0) is 12.0 Å². The van der Waals surface area contributed by atoms with E-state index in [-0.39, 0.29) is 29.2 Å². The van der Waals surface area contributed by atoms with Crippen molar-refractivity contribution in [3.63, 3.8) is 0 Å². The molecule has 7 heteroatoms. The largest absolute Gasteiger partial charge is 0.395 e. The van der Waals surface area contributed by atoms with Crippen LogP contribution in [0.5, 0.6) is 0 Å². The van der Waals surface area contributed by atoms with E-state index in [1.165, 1.54) is 18.2 Å². The molecule has 1 heterocycles. The Morgan fingerprint density at radius 3 is 2.46 bits per heavy atom. The highest BCUT2D eigenvalue weighted by Gasteiger charge is 2.66. The number of fused-ring (bicyclic) bond motifs is 5. The van der Waals surface area contributed by atoms with Gasteiger partial charge >= 0.3 is 0 Å². The summed E-state index contributed by atoms with van der Waals surface area (Å²) < 4.78 is 28.9. The molecule has 2 bridgehead atoms. The van der Waals surface area contributed by atoms with Crippen LogP contribution in [0, 0.1) is 17.0 Å². The lowest BCUT2D eigenvalue weighted by molar-refractivity contribution is -0.00622. The predicted octanol–water partition coefficient (Wildman–Crippen LogP) is 4.43. The average Bonchev–Trinajstić information content (AvgIpc) is 3.21. The van der Waals surface area contributed by atoms with Gasteiger partial charge in [0.2, 0.25) is 0 Å². The third-order valence-corrected chi connectivity index (χ3v) is 8.35. The van der Waals surface area contributed by atoms with E-state index in [1.807, 2.05) is 30.3 Å². The lowest BCUT2D eigenvalue weighted by Crippen LogP contribution is -2.51. The van der Waals surface area contributed by atoms with E-state index >= 15 is 0 Å². The highest BCUT2D eigenvalue weighted by atomic mass is 19.1. The second-order valence-electron chi connectivity index (χ2n) is 10.4. The monoisotopic (exact) mass is 479 g/mol. The Morgan fingerprint density at radius 1 is 1.06 bits per heavy atom. The third kappa shape index (κ3) is 3.77. The number of hydrogen-bond acceptors (Lipinski definition) is 5. The summed E-state index contributed by atoms with van der Waals surface area (Å²) in [7, 11) is 0. The Hall–Kier alpha value is -2.74. The maximum Gasteiger partial charge on any atom is 0.135 e. The van der Waals surface area contributed by atoms with Crippen LogP contribution >= 0.6 is 0 Å². The molecule has 1 saturated carbocycles. The molecule has 3 aromatic rings. The first kappa shape index (κ1) is 24.0. The second-order valence-corrected chi connectivity index (χ2v) is 10.4. The normalized spacial score (nSPS) is 23.0. The van der Waals surface area contributed by atoms with Gasteiger partial charge in [0.1, 0.15) is 11.6 Å². The lowest BCUT2D eigenvalue weighted by atomic mass is 9.65. The molecular weight excluding hydrogens is 448 g/mol. The fourth-order valence-electron chi connectivity index (χ4n) is 6.59. The predicted molar refractivity (Wildman–Crippen MR) is 130 cm³/mol. The fourth-order valence-corrected chi connectivity index (χ4v) is 6.59. The van der Waals surface area contributed by atoms with Gasteiger partial charge in [-0.2, -0.15) is 10.2 Å². The Balaban J connectivity index is 1.50. The molecule has 0 saturated heterocycles. The average molecular weight is 480 g/mol. The summed E-state index contributed by atoms with van der Waals surface area (Å²) in [5.74, 6) is -1.23. The van der Waals surface area contributed by atoms with E-state index in [0.717, 1.165) is 29.7 Å². The van der Waals surface area contributed by atoms with Crippen molar-refractivity contribution in [2.24, 2.45) is 5.41 Å². The number of hydrogen-bond donors (Lipinski definition) is 2. The molecule has 2 N–H and O–H groups in total. The zero-order valence-electron chi connectivity index (χ0n) is 20.1. The molecule has 2 aromatic carbocycles. The molecule has 5 rings (SSSR count). The zero-order valence-corrected chi connectivity index (χ0v) is 20.1.